The number of aliphatic hydroxyl groups excluding tert-OH is 1. The Morgan fingerprint density at radius 3 is 2.00 bits per heavy atom. The molecule has 3 unspecified atom stereocenters. The maximum absolute atomic E-state index is 12.2. The summed E-state index contributed by atoms with van der Waals surface area (Å²) in [6.07, 6.45) is 12.3. The number of quaternary nitrogens is 1. The first-order valence-electron chi connectivity index (χ1n) is 12.9. The lowest BCUT2D eigenvalue weighted by Gasteiger charge is -2.26. The van der Waals surface area contributed by atoms with Gasteiger partial charge in [0.2, 0.25) is 5.91 Å². The van der Waals surface area contributed by atoms with Crippen LogP contribution in [0.2, 0.25) is 0 Å². The molecule has 1 amide bonds. The van der Waals surface area contributed by atoms with Crippen LogP contribution in [-0.2, 0) is 18.4 Å². The minimum Gasteiger partial charge on any atom is -0.391 e. The highest BCUT2D eigenvalue weighted by Crippen LogP contribution is 2.43. The van der Waals surface area contributed by atoms with Crippen LogP contribution in [-0.4, -0.2) is 73.4 Å². The molecule has 3 N–H and O–H groups in total. The molecule has 0 spiro atoms. The summed E-state index contributed by atoms with van der Waals surface area (Å²) in [5.74, 6) is -0.185. The standard InChI is InChI=1S/C24H51N2O6P/c1-6-8-10-11-12-13-14-15-16-17-23(27)22(25-24(28)18-9-7-2)21-32-33(29,30)31-20-19-26(3,4)5/h22-23,27H,6-21H2,1-5H3,(H-,25,28,29,30)/p+1. The summed E-state index contributed by atoms with van der Waals surface area (Å²) in [6, 6.07) is -0.745. The number of amides is 1. The summed E-state index contributed by atoms with van der Waals surface area (Å²) >= 11 is 0. The lowest BCUT2D eigenvalue weighted by molar-refractivity contribution is -0.870. The van der Waals surface area contributed by atoms with Crippen molar-refractivity contribution in [1.82, 2.24) is 5.32 Å². The molecule has 0 aromatic rings. The fourth-order valence-corrected chi connectivity index (χ4v) is 4.11. The Morgan fingerprint density at radius 2 is 1.45 bits per heavy atom. The van der Waals surface area contributed by atoms with Crippen LogP contribution in [0.5, 0.6) is 0 Å². The molecule has 198 valence electrons. The number of phosphoric ester groups is 1. The Kier molecular flexibility index (Phi) is 18.5. The number of carbonyl (C=O) groups excluding carboxylic acids is 1. The van der Waals surface area contributed by atoms with Crippen molar-refractivity contribution >= 4 is 13.7 Å². The van der Waals surface area contributed by atoms with Gasteiger partial charge in [-0.2, -0.15) is 0 Å². The van der Waals surface area contributed by atoms with Crippen LogP contribution < -0.4 is 5.32 Å². The molecule has 0 aliphatic heterocycles. The quantitative estimate of drug-likeness (QED) is 0.113. The number of nitrogens with zero attached hydrogens (tertiary/aromatic N) is 1. The predicted molar refractivity (Wildman–Crippen MR) is 134 cm³/mol. The zero-order valence-corrected chi connectivity index (χ0v) is 22.8. The van der Waals surface area contributed by atoms with Crippen molar-refractivity contribution in [2.24, 2.45) is 0 Å². The van der Waals surface area contributed by atoms with Crippen molar-refractivity contribution in [1.29, 1.82) is 0 Å². The predicted octanol–water partition coefficient (Wildman–Crippen LogP) is 4.78. The van der Waals surface area contributed by atoms with Gasteiger partial charge in [-0.1, -0.05) is 78.1 Å². The van der Waals surface area contributed by atoms with E-state index in [1.165, 1.54) is 38.5 Å². The van der Waals surface area contributed by atoms with Gasteiger partial charge in [0, 0.05) is 6.42 Å². The number of rotatable bonds is 22. The van der Waals surface area contributed by atoms with Crippen molar-refractivity contribution < 1.29 is 32.9 Å². The van der Waals surface area contributed by atoms with Gasteiger partial charge < -0.3 is 19.8 Å². The second kappa shape index (κ2) is 18.8. The highest BCUT2D eigenvalue weighted by Gasteiger charge is 2.28. The molecule has 0 aromatic heterocycles. The molecule has 0 bridgehead atoms. The van der Waals surface area contributed by atoms with Crippen LogP contribution in [0.3, 0.4) is 0 Å². The number of nitrogens with one attached hydrogen (secondary N) is 1. The number of phosphoric acid groups is 1. The maximum atomic E-state index is 12.2. The number of likely N-dealkylation sites (N-methyl/N-ethyl adjacent to an activating group) is 1. The van der Waals surface area contributed by atoms with Crippen LogP contribution in [0.1, 0.15) is 97.3 Å². The first-order chi connectivity index (χ1) is 15.5. The molecule has 8 nitrogen and oxygen atoms in total. The number of aliphatic hydroxyl groups is 1. The van der Waals surface area contributed by atoms with Crippen LogP contribution in [0.15, 0.2) is 0 Å². The first kappa shape index (κ1) is 32.5. The van der Waals surface area contributed by atoms with Gasteiger partial charge >= 0.3 is 7.82 Å². The Hall–Kier alpha value is -0.500. The zero-order chi connectivity index (χ0) is 25.2. The smallest absolute Gasteiger partial charge is 0.391 e. The van der Waals surface area contributed by atoms with Gasteiger partial charge in [-0.05, 0) is 12.8 Å². The maximum Gasteiger partial charge on any atom is 0.472 e. The SMILES string of the molecule is CCCCCCCCCCCC(O)C(COP(=O)(O)OCC[N+](C)(C)C)NC(=O)CCCC. The van der Waals surface area contributed by atoms with Crippen molar-refractivity contribution in [3.63, 3.8) is 0 Å². The van der Waals surface area contributed by atoms with Gasteiger partial charge in [0.15, 0.2) is 0 Å². The number of unbranched alkanes of at least 4 members (excludes halogenated alkanes) is 9. The van der Waals surface area contributed by atoms with E-state index in [9.17, 15) is 19.4 Å². The van der Waals surface area contributed by atoms with E-state index in [1.54, 1.807) is 0 Å². The van der Waals surface area contributed by atoms with E-state index < -0.39 is 20.0 Å². The van der Waals surface area contributed by atoms with E-state index in [4.69, 9.17) is 9.05 Å². The van der Waals surface area contributed by atoms with Crippen molar-refractivity contribution in [2.45, 2.75) is 109 Å². The second-order valence-electron chi connectivity index (χ2n) is 10.1. The molecular weight excluding hydrogens is 443 g/mol. The molecule has 0 heterocycles. The van der Waals surface area contributed by atoms with Crippen molar-refractivity contribution in [3.8, 4) is 0 Å². The van der Waals surface area contributed by atoms with E-state index in [1.807, 2.05) is 28.1 Å². The summed E-state index contributed by atoms with van der Waals surface area (Å²) in [6.45, 7) is 4.57. The van der Waals surface area contributed by atoms with E-state index in [2.05, 4.69) is 12.2 Å². The zero-order valence-electron chi connectivity index (χ0n) is 21.9. The molecular formula is C24H52N2O6P+. The van der Waals surface area contributed by atoms with E-state index in [0.717, 1.165) is 32.1 Å². The van der Waals surface area contributed by atoms with Gasteiger partial charge in [0.25, 0.3) is 0 Å². The van der Waals surface area contributed by atoms with Crippen LogP contribution >= 0.6 is 7.82 Å². The average Bonchev–Trinajstić information content (AvgIpc) is 2.72. The lowest BCUT2D eigenvalue weighted by atomic mass is 10.0. The third-order valence-electron chi connectivity index (χ3n) is 5.61. The Morgan fingerprint density at radius 1 is 0.909 bits per heavy atom. The summed E-state index contributed by atoms with van der Waals surface area (Å²) in [7, 11) is 1.60. The van der Waals surface area contributed by atoms with Gasteiger partial charge in [-0.3, -0.25) is 13.8 Å². The number of carbonyl (C=O) groups is 1. The Balaban J connectivity index is 4.51. The largest absolute Gasteiger partial charge is 0.472 e. The third-order valence-corrected chi connectivity index (χ3v) is 6.59. The van der Waals surface area contributed by atoms with Gasteiger partial charge in [0.05, 0.1) is 39.9 Å². The molecule has 0 aromatic carbocycles. The number of hydrogen-bond donors (Lipinski definition) is 3. The molecule has 33 heavy (non-hydrogen) atoms. The summed E-state index contributed by atoms with van der Waals surface area (Å²) in [5, 5.41) is 13.4. The highest BCUT2D eigenvalue weighted by atomic mass is 31.2. The van der Waals surface area contributed by atoms with Gasteiger partial charge in [0.1, 0.15) is 13.2 Å². The first-order valence-corrected chi connectivity index (χ1v) is 14.4. The van der Waals surface area contributed by atoms with Gasteiger partial charge in [-0.15, -0.1) is 0 Å². The molecule has 0 aliphatic rings. The van der Waals surface area contributed by atoms with Crippen LogP contribution in [0.4, 0.5) is 0 Å². The molecule has 0 aliphatic carbocycles. The minimum absolute atomic E-state index is 0.0752. The second-order valence-corrected chi connectivity index (χ2v) is 11.5. The highest BCUT2D eigenvalue weighted by molar-refractivity contribution is 7.47. The topological polar surface area (TPSA) is 105 Å². The summed E-state index contributed by atoms with van der Waals surface area (Å²) in [5.41, 5.74) is 0. The molecule has 3 atom stereocenters. The van der Waals surface area contributed by atoms with E-state index >= 15 is 0 Å². The molecule has 0 radical (unpaired) electrons. The van der Waals surface area contributed by atoms with E-state index in [0.29, 0.717) is 23.9 Å². The van der Waals surface area contributed by atoms with Gasteiger partial charge in [-0.25, -0.2) is 4.57 Å². The molecule has 0 saturated heterocycles. The lowest BCUT2D eigenvalue weighted by Crippen LogP contribution is -2.46. The van der Waals surface area contributed by atoms with Crippen LogP contribution in [0, 0.1) is 0 Å². The average molecular weight is 496 g/mol. The minimum atomic E-state index is -4.26. The Bertz CT molecular complexity index is 542. The monoisotopic (exact) mass is 495 g/mol. The summed E-state index contributed by atoms with van der Waals surface area (Å²) in [4.78, 5) is 22.2. The third kappa shape index (κ3) is 20.6. The molecule has 9 heteroatoms. The molecule has 0 fully saturated rings. The fraction of sp³-hybridized carbons (Fsp3) is 0.958. The Labute approximate surface area is 202 Å². The van der Waals surface area contributed by atoms with Crippen molar-refractivity contribution in [2.75, 3.05) is 40.9 Å². The molecule has 0 rings (SSSR count). The van der Waals surface area contributed by atoms with Crippen molar-refractivity contribution in [3.05, 3.63) is 0 Å². The molecule has 0 saturated carbocycles. The van der Waals surface area contributed by atoms with Crippen LogP contribution in [0.25, 0.3) is 0 Å². The summed E-state index contributed by atoms with van der Waals surface area (Å²) < 4.78 is 23.0. The fourth-order valence-electron chi connectivity index (χ4n) is 3.37. The normalized spacial score (nSPS) is 15.7. The number of hydrogen-bond acceptors (Lipinski definition) is 5. The van der Waals surface area contributed by atoms with E-state index in [-0.39, 0.29) is 19.1 Å².